The molecule has 1 aliphatic heterocycles. The van der Waals surface area contributed by atoms with Gasteiger partial charge in [-0.25, -0.2) is 0 Å². The van der Waals surface area contributed by atoms with E-state index in [9.17, 15) is 19.8 Å². The first-order valence-corrected chi connectivity index (χ1v) is 11.7. The lowest BCUT2D eigenvalue weighted by atomic mass is 9.65. The van der Waals surface area contributed by atoms with Crippen molar-refractivity contribution in [3.8, 4) is 0 Å². The van der Waals surface area contributed by atoms with E-state index in [1.807, 2.05) is 0 Å². The van der Waals surface area contributed by atoms with Crippen LogP contribution in [0.15, 0.2) is 23.8 Å². The smallest absolute Gasteiger partial charge is 0.314 e. The second-order valence-electron chi connectivity index (χ2n) is 10.4. The predicted molar refractivity (Wildman–Crippen MR) is 117 cm³/mol. The molecule has 2 aliphatic carbocycles. The molecule has 0 radical (unpaired) electrons. The monoisotopic (exact) mass is 434 g/mol. The van der Waals surface area contributed by atoms with E-state index in [1.165, 1.54) is 5.57 Å². The van der Waals surface area contributed by atoms with Gasteiger partial charge in [0.05, 0.1) is 24.0 Å². The van der Waals surface area contributed by atoms with Gasteiger partial charge in [0.2, 0.25) is 0 Å². The summed E-state index contributed by atoms with van der Waals surface area (Å²) in [4.78, 5) is 24.6. The summed E-state index contributed by atoms with van der Waals surface area (Å²) in [6.45, 7) is 9.35. The molecule has 31 heavy (non-hydrogen) atoms. The molecule has 0 bridgehead atoms. The molecule has 1 unspecified atom stereocenters. The van der Waals surface area contributed by atoms with E-state index in [0.717, 1.165) is 12.8 Å². The minimum Gasteiger partial charge on any atom is -0.462 e. The van der Waals surface area contributed by atoms with Gasteiger partial charge in [0.1, 0.15) is 12.2 Å². The number of ether oxygens (including phenoxy) is 2. The summed E-state index contributed by atoms with van der Waals surface area (Å²) in [6, 6.07) is 0. The van der Waals surface area contributed by atoms with Gasteiger partial charge in [-0.3, -0.25) is 9.59 Å². The first-order valence-electron chi connectivity index (χ1n) is 11.7. The van der Waals surface area contributed by atoms with E-state index in [0.29, 0.717) is 24.7 Å². The average molecular weight is 435 g/mol. The van der Waals surface area contributed by atoms with E-state index in [1.54, 1.807) is 20.8 Å². The number of esters is 2. The SMILES string of the molecule is CC(O)C(C)(C)C(=O)O[C@H]1C[C@@H](C)C=C2C=C[C@H](C)[C@H](CC[C@@H]3C[C@@H](O)CC(=O)O3)[C@H]21. The van der Waals surface area contributed by atoms with Gasteiger partial charge >= 0.3 is 11.9 Å². The Labute approximate surface area is 185 Å². The van der Waals surface area contributed by atoms with Crippen molar-refractivity contribution in [3.05, 3.63) is 23.8 Å². The molecule has 174 valence electrons. The topological polar surface area (TPSA) is 93.1 Å². The molecular weight excluding hydrogens is 396 g/mol. The maximum absolute atomic E-state index is 12.9. The number of rotatable bonds is 6. The van der Waals surface area contributed by atoms with Crippen LogP contribution in [0.4, 0.5) is 0 Å². The first-order chi connectivity index (χ1) is 14.5. The molecule has 3 aliphatic rings. The van der Waals surface area contributed by atoms with E-state index in [-0.39, 0.29) is 42.4 Å². The van der Waals surface area contributed by atoms with Crippen molar-refractivity contribution in [1.29, 1.82) is 0 Å². The van der Waals surface area contributed by atoms with Gasteiger partial charge in [0.15, 0.2) is 0 Å². The number of carbonyl (C=O) groups excluding carboxylic acids is 2. The Hall–Kier alpha value is -1.66. The molecule has 0 aromatic rings. The molecular formula is C25H38O6. The van der Waals surface area contributed by atoms with E-state index in [4.69, 9.17) is 9.47 Å². The fraction of sp³-hybridized carbons (Fsp3) is 0.760. The Morgan fingerprint density at radius 1 is 1.29 bits per heavy atom. The van der Waals surface area contributed by atoms with Gasteiger partial charge in [-0.1, -0.05) is 32.1 Å². The van der Waals surface area contributed by atoms with Gasteiger partial charge < -0.3 is 19.7 Å². The zero-order chi connectivity index (χ0) is 22.9. The van der Waals surface area contributed by atoms with Crippen molar-refractivity contribution < 1.29 is 29.3 Å². The van der Waals surface area contributed by atoms with E-state index in [2.05, 4.69) is 32.1 Å². The molecule has 0 spiro atoms. The zero-order valence-electron chi connectivity index (χ0n) is 19.4. The average Bonchev–Trinajstić information content (AvgIpc) is 2.66. The highest BCUT2D eigenvalue weighted by Gasteiger charge is 2.44. The molecule has 1 saturated heterocycles. The molecule has 3 rings (SSSR count). The lowest BCUT2D eigenvalue weighted by molar-refractivity contribution is -0.171. The maximum Gasteiger partial charge on any atom is 0.314 e. The van der Waals surface area contributed by atoms with Crippen LogP contribution < -0.4 is 0 Å². The molecule has 0 aromatic carbocycles. The number of carbonyl (C=O) groups is 2. The Morgan fingerprint density at radius 3 is 2.65 bits per heavy atom. The van der Waals surface area contributed by atoms with Crippen LogP contribution in [-0.4, -0.2) is 46.6 Å². The highest BCUT2D eigenvalue weighted by molar-refractivity contribution is 5.77. The van der Waals surface area contributed by atoms with Crippen LogP contribution in [-0.2, 0) is 19.1 Å². The second-order valence-corrected chi connectivity index (χ2v) is 10.4. The quantitative estimate of drug-likeness (QED) is 0.621. The van der Waals surface area contributed by atoms with Crippen molar-refractivity contribution in [2.45, 2.75) is 91.1 Å². The lowest BCUT2D eigenvalue weighted by Gasteiger charge is -2.44. The largest absolute Gasteiger partial charge is 0.462 e. The number of allylic oxidation sites excluding steroid dienone is 3. The van der Waals surface area contributed by atoms with Crippen LogP contribution in [0.25, 0.3) is 0 Å². The maximum atomic E-state index is 12.9. The zero-order valence-corrected chi connectivity index (χ0v) is 19.4. The number of aliphatic hydroxyl groups is 2. The number of cyclic esters (lactones) is 1. The fourth-order valence-electron chi connectivity index (χ4n) is 5.10. The van der Waals surface area contributed by atoms with Crippen LogP contribution in [0.3, 0.4) is 0 Å². The minimum atomic E-state index is -0.970. The third-order valence-corrected chi connectivity index (χ3v) is 7.48. The first kappa shape index (κ1) is 24.0. The summed E-state index contributed by atoms with van der Waals surface area (Å²) in [5, 5.41) is 20.0. The van der Waals surface area contributed by atoms with Crippen LogP contribution in [0.5, 0.6) is 0 Å². The van der Waals surface area contributed by atoms with Crippen molar-refractivity contribution in [2.24, 2.45) is 29.1 Å². The van der Waals surface area contributed by atoms with Gasteiger partial charge in [0, 0.05) is 12.3 Å². The second kappa shape index (κ2) is 9.45. The molecule has 0 aromatic heterocycles. The molecule has 6 nitrogen and oxygen atoms in total. The molecule has 1 fully saturated rings. The number of hydrogen-bond donors (Lipinski definition) is 2. The summed E-state index contributed by atoms with van der Waals surface area (Å²) < 4.78 is 11.5. The van der Waals surface area contributed by atoms with Crippen LogP contribution in [0.2, 0.25) is 0 Å². The van der Waals surface area contributed by atoms with Crippen LogP contribution in [0, 0.1) is 29.1 Å². The molecule has 0 saturated carbocycles. The lowest BCUT2D eigenvalue weighted by Crippen LogP contribution is -2.45. The Morgan fingerprint density at radius 2 is 2.00 bits per heavy atom. The van der Waals surface area contributed by atoms with E-state index < -0.39 is 17.6 Å². The standard InChI is InChI=1S/C25H38O6/c1-14-10-17-7-6-15(2)20(9-8-19-12-18(27)13-22(28)30-19)23(17)21(11-14)31-24(29)25(4,5)16(3)26/h6-7,10,14-16,18-21,23,26-27H,8-9,11-13H2,1-5H3/t14-,15-,16?,18+,19+,20-,21-,23-/m0/s1. The number of fused-ring (bicyclic) bond motifs is 1. The van der Waals surface area contributed by atoms with Crippen molar-refractivity contribution in [1.82, 2.24) is 0 Å². The molecule has 2 N–H and O–H groups in total. The minimum absolute atomic E-state index is 0.0730. The Kier molecular flexibility index (Phi) is 7.32. The van der Waals surface area contributed by atoms with Crippen molar-refractivity contribution >= 4 is 11.9 Å². The summed E-state index contributed by atoms with van der Waals surface area (Å²) >= 11 is 0. The Bertz CT molecular complexity index is 736. The number of aliphatic hydroxyl groups excluding tert-OH is 2. The molecule has 0 amide bonds. The molecule has 6 heteroatoms. The normalized spacial score (nSPS) is 36.8. The van der Waals surface area contributed by atoms with Crippen LogP contribution >= 0.6 is 0 Å². The van der Waals surface area contributed by atoms with Gasteiger partial charge in [-0.05, 0) is 63.4 Å². The third kappa shape index (κ3) is 5.40. The van der Waals surface area contributed by atoms with E-state index >= 15 is 0 Å². The summed E-state index contributed by atoms with van der Waals surface area (Å²) in [5.41, 5.74) is 0.234. The van der Waals surface area contributed by atoms with Gasteiger partial charge in [0.25, 0.3) is 0 Å². The summed E-state index contributed by atoms with van der Waals surface area (Å²) in [7, 11) is 0. The molecule has 1 heterocycles. The van der Waals surface area contributed by atoms with Crippen LogP contribution in [0.1, 0.15) is 66.7 Å². The van der Waals surface area contributed by atoms with Gasteiger partial charge in [-0.2, -0.15) is 0 Å². The fourth-order valence-corrected chi connectivity index (χ4v) is 5.10. The van der Waals surface area contributed by atoms with Crippen molar-refractivity contribution in [3.63, 3.8) is 0 Å². The van der Waals surface area contributed by atoms with Gasteiger partial charge in [-0.15, -0.1) is 0 Å². The summed E-state index contributed by atoms with van der Waals surface area (Å²) in [6.07, 6.45) is 7.51. The highest BCUT2D eigenvalue weighted by atomic mass is 16.6. The third-order valence-electron chi connectivity index (χ3n) is 7.48. The highest BCUT2D eigenvalue weighted by Crippen LogP contribution is 2.45. The Balaban J connectivity index is 1.77. The van der Waals surface area contributed by atoms with Crippen molar-refractivity contribution in [2.75, 3.05) is 0 Å². The molecule has 8 atom stereocenters. The predicted octanol–water partition coefficient (Wildman–Crippen LogP) is 3.56. The summed E-state index contributed by atoms with van der Waals surface area (Å²) in [5.74, 6) is 0.214. The number of hydrogen-bond acceptors (Lipinski definition) is 6.